The van der Waals surface area contributed by atoms with Crippen LogP contribution < -0.4 is 25.4 Å². The average Bonchev–Trinajstić information content (AvgIpc) is 3.67. The molecule has 2 heterocycles. The average molecular weight is 816 g/mol. The summed E-state index contributed by atoms with van der Waals surface area (Å²) in [5.41, 5.74) is 0.372. The number of hydrazine groups is 1. The van der Waals surface area contributed by atoms with Crippen LogP contribution in [0.4, 0.5) is 29.3 Å². The summed E-state index contributed by atoms with van der Waals surface area (Å²) in [5, 5.41) is 1.92. The molecule has 0 aliphatic carbocycles. The number of carbonyl (C=O) groups excluding carboxylic acids is 3. The van der Waals surface area contributed by atoms with Gasteiger partial charge < -0.3 is 23.9 Å². The fourth-order valence-electron chi connectivity index (χ4n) is 6.48. The smallest absolute Gasteiger partial charge is 0.490 e. The number of fused-ring (bicyclic) bond motifs is 1. The molecule has 1 aromatic heterocycles. The molecule has 57 heavy (non-hydrogen) atoms. The molecule has 2 amide bonds. The molecule has 1 aliphatic heterocycles. The van der Waals surface area contributed by atoms with Gasteiger partial charge in [-0.1, -0.05) is 12.1 Å². The lowest BCUT2D eigenvalue weighted by atomic mass is 10.00. The topological polar surface area (TPSA) is 171 Å². The van der Waals surface area contributed by atoms with E-state index in [0.29, 0.717) is 29.2 Å². The highest BCUT2D eigenvalue weighted by atomic mass is 32.2. The number of hydrogen-bond donors (Lipinski definition) is 1. The van der Waals surface area contributed by atoms with Gasteiger partial charge in [-0.25, -0.2) is 23.8 Å². The molecular weight excluding hydrogens is 772 g/mol. The number of carbonyl (C=O) groups is 3. The minimum absolute atomic E-state index is 0.0259. The highest BCUT2D eigenvalue weighted by molar-refractivity contribution is 7.92. The zero-order valence-electron chi connectivity index (χ0n) is 32.1. The summed E-state index contributed by atoms with van der Waals surface area (Å²) < 4.78 is 84.0. The number of aromatic nitrogens is 1. The van der Waals surface area contributed by atoms with Crippen LogP contribution in [-0.4, -0.2) is 74.1 Å². The molecule has 0 saturated carbocycles. The van der Waals surface area contributed by atoms with Crippen LogP contribution in [0.2, 0.25) is 0 Å². The van der Waals surface area contributed by atoms with Crippen molar-refractivity contribution in [3.63, 3.8) is 0 Å². The molecule has 3 aromatic carbocycles. The van der Waals surface area contributed by atoms with Crippen LogP contribution in [0.1, 0.15) is 70.7 Å². The van der Waals surface area contributed by atoms with E-state index in [1.165, 1.54) is 23.8 Å². The highest BCUT2D eigenvalue weighted by Gasteiger charge is 2.45. The molecule has 1 fully saturated rings. The van der Waals surface area contributed by atoms with Crippen molar-refractivity contribution in [2.75, 3.05) is 30.3 Å². The second-order valence-corrected chi connectivity index (χ2v) is 16.1. The number of nitrogens with zero attached hydrogens (tertiary/aromatic N) is 4. The molecule has 1 aliphatic rings. The van der Waals surface area contributed by atoms with Gasteiger partial charge in [-0.15, -0.1) is 5.06 Å². The molecule has 0 bridgehead atoms. The van der Waals surface area contributed by atoms with Crippen molar-refractivity contribution in [1.82, 2.24) is 9.88 Å². The molecule has 1 saturated heterocycles. The van der Waals surface area contributed by atoms with E-state index in [-0.39, 0.29) is 41.2 Å². The molecule has 0 spiro atoms. The van der Waals surface area contributed by atoms with Crippen molar-refractivity contribution < 1.29 is 55.0 Å². The Balaban J connectivity index is 1.67. The number of benzene rings is 3. The van der Waals surface area contributed by atoms with Gasteiger partial charge in [0.2, 0.25) is 0 Å². The van der Waals surface area contributed by atoms with Gasteiger partial charge in [0.1, 0.15) is 6.04 Å². The van der Waals surface area contributed by atoms with Crippen LogP contribution in [0, 0.1) is 0 Å². The Morgan fingerprint density at radius 2 is 1.68 bits per heavy atom. The van der Waals surface area contributed by atoms with E-state index in [1.54, 1.807) is 61.8 Å². The van der Waals surface area contributed by atoms with Gasteiger partial charge in [0.05, 0.1) is 47.4 Å². The van der Waals surface area contributed by atoms with Gasteiger partial charge in [0.25, 0.3) is 5.91 Å². The van der Waals surface area contributed by atoms with Crippen molar-refractivity contribution >= 4 is 50.0 Å². The number of rotatable bonds is 12. The molecule has 0 radical (unpaired) electrons. The molecule has 18 heteroatoms. The number of ether oxygens (including phenoxy) is 3. The molecule has 306 valence electrons. The summed E-state index contributed by atoms with van der Waals surface area (Å²) in [6.07, 6.45) is -3.29. The third-order valence-electron chi connectivity index (χ3n) is 9.18. The van der Waals surface area contributed by atoms with Crippen LogP contribution in [0.3, 0.4) is 0 Å². The quantitative estimate of drug-likeness (QED) is 0.115. The number of nitrogens with two attached hydrogens (primary N) is 1. The number of sulfone groups is 1. The number of amides is 2. The van der Waals surface area contributed by atoms with E-state index < -0.39 is 57.0 Å². The van der Waals surface area contributed by atoms with Crippen LogP contribution in [-0.2, 0) is 29.0 Å². The second kappa shape index (κ2) is 17.3. The SMILES string of the molecule is CCOc1cc([C@H](C(=O)N2CCCC2c2cc(N(OC(=O)C(F)(F)F)C(=O)OC)ccc2S(=O)(=O)C(C)C)N(N)c2ccc3cnccc3c2)ccc1OC(C)C. The molecule has 1 unspecified atom stereocenters. The molecule has 2 atom stereocenters. The van der Waals surface area contributed by atoms with E-state index in [0.717, 1.165) is 36.1 Å². The first kappa shape index (κ1) is 42.5. The molecule has 4 aromatic rings. The van der Waals surface area contributed by atoms with Crippen molar-refractivity contribution in [2.45, 2.75) is 82.0 Å². The predicted octanol–water partition coefficient (Wildman–Crippen LogP) is 6.98. The first-order valence-electron chi connectivity index (χ1n) is 18.1. The second-order valence-electron chi connectivity index (χ2n) is 13.7. The Morgan fingerprint density at radius 1 is 0.965 bits per heavy atom. The number of alkyl halides is 3. The van der Waals surface area contributed by atoms with Gasteiger partial charge in [0, 0.05) is 24.3 Å². The minimum Gasteiger partial charge on any atom is -0.490 e. The summed E-state index contributed by atoms with van der Waals surface area (Å²) in [6, 6.07) is 13.1. The number of pyridine rings is 1. The normalized spacial score (nSPS) is 15.1. The molecular formula is C39H44F3N5O9S. The molecule has 14 nitrogen and oxygen atoms in total. The van der Waals surface area contributed by atoms with Crippen LogP contribution in [0.5, 0.6) is 11.5 Å². The van der Waals surface area contributed by atoms with Gasteiger partial charge in [-0.3, -0.25) is 14.8 Å². The van der Waals surface area contributed by atoms with E-state index >= 15 is 4.79 Å². The Bertz CT molecular complexity index is 2240. The van der Waals surface area contributed by atoms with E-state index in [4.69, 9.17) is 15.3 Å². The van der Waals surface area contributed by atoms with Crippen LogP contribution in [0.25, 0.3) is 10.8 Å². The van der Waals surface area contributed by atoms with E-state index in [1.807, 2.05) is 13.8 Å². The summed E-state index contributed by atoms with van der Waals surface area (Å²) >= 11 is 0. The summed E-state index contributed by atoms with van der Waals surface area (Å²) in [6.45, 7) is 8.80. The van der Waals surface area contributed by atoms with Crippen molar-refractivity contribution in [2.24, 2.45) is 5.84 Å². The third kappa shape index (κ3) is 9.17. The maximum absolute atomic E-state index is 15.2. The van der Waals surface area contributed by atoms with Crippen molar-refractivity contribution in [3.05, 3.63) is 84.2 Å². The molecule has 5 rings (SSSR count). The Labute approximate surface area is 328 Å². The fraction of sp³-hybridized carbons (Fsp3) is 0.385. The number of halogens is 3. The lowest BCUT2D eigenvalue weighted by Crippen LogP contribution is -2.46. The van der Waals surface area contributed by atoms with E-state index in [2.05, 4.69) is 14.6 Å². The monoisotopic (exact) mass is 815 g/mol. The van der Waals surface area contributed by atoms with Gasteiger partial charge in [-0.2, -0.15) is 13.2 Å². The summed E-state index contributed by atoms with van der Waals surface area (Å²) in [5.74, 6) is 4.40. The number of methoxy groups -OCH3 is 1. The Morgan fingerprint density at radius 3 is 2.33 bits per heavy atom. The number of hydrogen-bond acceptors (Lipinski definition) is 12. The number of hydroxylamine groups is 1. The van der Waals surface area contributed by atoms with Crippen molar-refractivity contribution in [3.8, 4) is 11.5 Å². The van der Waals surface area contributed by atoms with E-state index in [9.17, 15) is 31.2 Å². The number of anilines is 2. The standard InChI is InChI=1S/C39H44F3N5O9S/c1-7-54-33-20-26(11-14-32(33)55-23(2)3)35(46(43)28-12-10-27-22-44-17-16-25(27)19-28)36(48)45-18-8-9-31(45)30-21-29(13-15-34(30)57(51,52)24(4)5)47(38(50)53-6)56-37(49)39(40,41)42/h10-17,19-24,31,35H,7-9,18,43H2,1-6H3/t31?,35-/m1/s1. The van der Waals surface area contributed by atoms with Gasteiger partial charge >= 0.3 is 18.2 Å². The van der Waals surface area contributed by atoms with Crippen LogP contribution in [0.15, 0.2) is 78.0 Å². The van der Waals surface area contributed by atoms with Gasteiger partial charge in [0.15, 0.2) is 21.3 Å². The Kier molecular flexibility index (Phi) is 12.9. The minimum atomic E-state index is -5.49. The lowest BCUT2D eigenvalue weighted by Gasteiger charge is -2.35. The number of likely N-dealkylation sites (tertiary alicyclic amines) is 1. The van der Waals surface area contributed by atoms with Crippen LogP contribution >= 0.6 is 0 Å². The van der Waals surface area contributed by atoms with Gasteiger partial charge in [-0.05, 0) is 113 Å². The lowest BCUT2D eigenvalue weighted by molar-refractivity contribution is -0.200. The third-order valence-corrected chi connectivity index (χ3v) is 11.4. The molecule has 2 N–H and O–H groups in total. The Hall–Kier alpha value is -5.62. The highest BCUT2D eigenvalue weighted by Crippen LogP contribution is 2.42. The zero-order chi connectivity index (χ0) is 41.8. The maximum atomic E-state index is 15.2. The predicted molar refractivity (Wildman–Crippen MR) is 204 cm³/mol. The largest absolute Gasteiger partial charge is 0.493 e. The fourth-order valence-corrected chi connectivity index (χ4v) is 7.77. The summed E-state index contributed by atoms with van der Waals surface area (Å²) in [4.78, 5) is 49.5. The first-order valence-corrected chi connectivity index (χ1v) is 19.6. The maximum Gasteiger partial charge on any atom is 0.493 e. The van der Waals surface area contributed by atoms with Crippen molar-refractivity contribution in [1.29, 1.82) is 0 Å². The first-order chi connectivity index (χ1) is 26.9. The summed E-state index contributed by atoms with van der Waals surface area (Å²) in [7, 11) is -3.26. The zero-order valence-corrected chi connectivity index (χ0v) is 33.0.